The maximum absolute atomic E-state index is 13.3. The van der Waals surface area contributed by atoms with Crippen molar-refractivity contribution >= 4 is 11.8 Å². The number of nitrogens with one attached hydrogen (secondary N) is 1. The molecule has 1 fully saturated rings. The van der Waals surface area contributed by atoms with Crippen LogP contribution < -0.4 is 5.32 Å². The first kappa shape index (κ1) is 22.3. The molecule has 4 rings (SSSR count). The standard InChI is InChI=1S/C24H25F3N2O3/c25-24(26,27)19-6-3-4-17(12-19)14-28-23(31)22-20-7-2-1-5-18(20)13-21(30)29(22)15-16-8-10-32-11-9-16/h1-7,12,16,22H,8-11,13-15H2,(H,28,31). The molecule has 1 unspecified atom stereocenters. The lowest BCUT2D eigenvalue weighted by Crippen LogP contribution is -2.49. The molecule has 0 radical (unpaired) electrons. The van der Waals surface area contributed by atoms with E-state index in [-0.39, 0.29) is 24.8 Å². The SMILES string of the molecule is O=C(NCc1cccc(C(F)(F)F)c1)C1c2ccccc2CC(=O)N1CC1CCOCC1. The van der Waals surface area contributed by atoms with Gasteiger partial charge < -0.3 is 15.0 Å². The molecular formula is C24H25F3N2O3. The lowest BCUT2D eigenvalue weighted by atomic mass is 9.89. The predicted molar refractivity (Wildman–Crippen MR) is 111 cm³/mol. The molecule has 2 aliphatic rings. The van der Waals surface area contributed by atoms with Gasteiger partial charge in [-0.1, -0.05) is 36.4 Å². The van der Waals surface area contributed by atoms with Gasteiger partial charge in [-0.05, 0) is 47.6 Å². The van der Waals surface area contributed by atoms with Crippen LogP contribution in [0.2, 0.25) is 0 Å². The van der Waals surface area contributed by atoms with E-state index >= 15 is 0 Å². The number of carbonyl (C=O) groups is 2. The summed E-state index contributed by atoms with van der Waals surface area (Å²) in [7, 11) is 0. The van der Waals surface area contributed by atoms with Crippen LogP contribution in [0.3, 0.4) is 0 Å². The van der Waals surface area contributed by atoms with E-state index in [9.17, 15) is 22.8 Å². The molecule has 2 amide bonds. The Balaban J connectivity index is 1.54. The molecule has 0 aromatic heterocycles. The first-order valence-electron chi connectivity index (χ1n) is 10.7. The molecule has 0 aliphatic carbocycles. The summed E-state index contributed by atoms with van der Waals surface area (Å²) in [6, 6.07) is 11.4. The minimum Gasteiger partial charge on any atom is -0.381 e. The number of halogens is 3. The van der Waals surface area contributed by atoms with E-state index in [0.717, 1.165) is 36.1 Å². The zero-order valence-corrected chi connectivity index (χ0v) is 17.5. The Hall–Kier alpha value is -2.87. The van der Waals surface area contributed by atoms with Crippen LogP contribution in [0.5, 0.6) is 0 Å². The summed E-state index contributed by atoms with van der Waals surface area (Å²) in [5, 5.41) is 2.75. The normalized spacial score (nSPS) is 19.5. The highest BCUT2D eigenvalue weighted by molar-refractivity contribution is 5.92. The molecule has 0 saturated carbocycles. The second-order valence-corrected chi connectivity index (χ2v) is 8.30. The van der Waals surface area contributed by atoms with Crippen LogP contribution in [0.1, 0.15) is 41.1 Å². The van der Waals surface area contributed by atoms with Crippen molar-refractivity contribution in [1.82, 2.24) is 10.2 Å². The molecule has 2 aromatic rings. The summed E-state index contributed by atoms with van der Waals surface area (Å²) in [6.07, 6.45) is -2.57. The number of amides is 2. The van der Waals surface area contributed by atoms with Crippen molar-refractivity contribution in [3.8, 4) is 0 Å². The minimum absolute atomic E-state index is 0.0548. The third-order valence-corrected chi connectivity index (χ3v) is 6.09. The van der Waals surface area contributed by atoms with Crippen LogP contribution >= 0.6 is 0 Å². The number of fused-ring (bicyclic) bond motifs is 1. The number of ether oxygens (including phenoxy) is 1. The van der Waals surface area contributed by atoms with Crippen molar-refractivity contribution in [1.29, 1.82) is 0 Å². The molecule has 2 aromatic carbocycles. The fraction of sp³-hybridized carbons (Fsp3) is 0.417. The summed E-state index contributed by atoms with van der Waals surface area (Å²) >= 11 is 0. The van der Waals surface area contributed by atoms with E-state index in [0.29, 0.717) is 25.3 Å². The molecule has 0 spiro atoms. The van der Waals surface area contributed by atoms with Gasteiger partial charge in [-0.25, -0.2) is 0 Å². The Morgan fingerprint density at radius 3 is 2.59 bits per heavy atom. The van der Waals surface area contributed by atoms with E-state index in [2.05, 4.69) is 5.32 Å². The second-order valence-electron chi connectivity index (χ2n) is 8.30. The van der Waals surface area contributed by atoms with E-state index in [1.807, 2.05) is 24.3 Å². The molecule has 170 valence electrons. The zero-order valence-electron chi connectivity index (χ0n) is 17.5. The molecule has 0 bridgehead atoms. The lowest BCUT2D eigenvalue weighted by Gasteiger charge is -2.39. The van der Waals surface area contributed by atoms with Gasteiger partial charge in [0.05, 0.1) is 12.0 Å². The zero-order chi connectivity index (χ0) is 22.7. The van der Waals surface area contributed by atoms with Crippen molar-refractivity contribution in [2.75, 3.05) is 19.8 Å². The quantitative estimate of drug-likeness (QED) is 0.759. The van der Waals surface area contributed by atoms with Crippen LogP contribution in [0.15, 0.2) is 48.5 Å². The molecule has 32 heavy (non-hydrogen) atoms. The summed E-state index contributed by atoms with van der Waals surface area (Å²) in [5.74, 6) is -0.263. The maximum atomic E-state index is 13.3. The number of hydrogen-bond donors (Lipinski definition) is 1. The molecule has 5 nitrogen and oxygen atoms in total. The van der Waals surface area contributed by atoms with Crippen molar-refractivity contribution < 1.29 is 27.5 Å². The summed E-state index contributed by atoms with van der Waals surface area (Å²) in [5.41, 5.74) is 1.16. The van der Waals surface area contributed by atoms with Crippen molar-refractivity contribution in [3.05, 3.63) is 70.8 Å². The van der Waals surface area contributed by atoms with Gasteiger partial charge in [0.15, 0.2) is 0 Å². The number of rotatable bonds is 5. The highest BCUT2D eigenvalue weighted by atomic mass is 19.4. The third-order valence-electron chi connectivity index (χ3n) is 6.09. The van der Waals surface area contributed by atoms with E-state index in [1.54, 1.807) is 4.90 Å². The van der Waals surface area contributed by atoms with Crippen molar-refractivity contribution in [2.45, 2.75) is 38.0 Å². The smallest absolute Gasteiger partial charge is 0.381 e. The third kappa shape index (κ3) is 4.96. The highest BCUT2D eigenvalue weighted by Gasteiger charge is 2.38. The fourth-order valence-corrected chi connectivity index (χ4v) is 4.38. The van der Waals surface area contributed by atoms with E-state index in [4.69, 9.17) is 4.74 Å². The average molecular weight is 446 g/mol. The van der Waals surface area contributed by atoms with Gasteiger partial charge in [0.1, 0.15) is 6.04 Å². The Morgan fingerprint density at radius 1 is 1.09 bits per heavy atom. The molecular weight excluding hydrogens is 421 g/mol. The topological polar surface area (TPSA) is 58.6 Å². The van der Waals surface area contributed by atoms with Gasteiger partial charge in [0.25, 0.3) is 0 Å². The van der Waals surface area contributed by atoms with Crippen LogP contribution in [-0.4, -0.2) is 36.5 Å². The molecule has 1 N–H and O–H groups in total. The summed E-state index contributed by atoms with van der Waals surface area (Å²) in [4.78, 5) is 27.9. The largest absolute Gasteiger partial charge is 0.416 e. The molecule has 2 aliphatic heterocycles. The van der Waals surface area contributed by atoms with Crippen molar-refractivity contribution in [2.24, 2.45) is 5.92 Å². The van der Waals surface area contributed by atoms with E-state index < -0.39 is 23.7 Å². The highest BCUT2D eigenvalue weighted by Crippen LogP contribution is 2.33. The van der Waals surface area contributed by atoms with Gasteiger partial charge >= 0.3 is 6.18 Å². The van der Waals surface area contributed by atoms with E-state index in [1.165, 1.54) is 12.1 Å². The average Bonchev–Trinajstić information content (AvgIpc) is 2.78. The maximum Gasteiger partial charge on any atom is 0.416 e. The number of hydrogen-bond acceptors (Lipinski definition) is 3. The monoisotopic (exact) mass is 446 g/mol. The van der Waals surface area contributed by atoms with Gasteiger partial charge in [-0.3, -0.25) is 9.59 Å². The molecule has 1 atom stereocenters. The van der Waals surface area contributed by atoms with Crippen LogP contribution in [0.4, 0.5) is 13.2 Å². The second kappa shape index (κ2) is 9.32. The Morgan fingerprint density at radius 2 is 1.84 bits per heavy atom. The van der Waals surface area contributed by atoms with Gasteiger partial charge in [-0.2, -0.15) is 13.2 Å². The molecule has 8 heteroatoms. The van der Waals surface area contributed by atoms with Gasteiger partial charge in [-0.15, -0.1) is 0 Å². The number of nitrogens with zero attached hydrogens (tertiary/aromatic N) is 1. The Kier molecular flexibility index (Phi) is 6.50. The van der Waals surface area contributed by atoms with Crippen LogP contribution in [0, 0.1) is 5.92 Å². The van der Waals surface area contributed by atoms with Gasteiger partial charge in [0, 0.05) is 26.3 Å². The first-order chi connectivity index (χ1) is 15.3. The minimum atomic E-state index is -4.45. The first-order valence-corrected chi connectivity index (χ1v) is 10.7. The number of alkyl halides is 3. The number of carbonyl (C=O) groups excluding carboxylic acids is 2. The van der Waals surface area contributed by atoms with Crippen LogP contribution in [0.25, 0.3) is 0 Å². The summed E-state index contributed by atoms with van der Waals surface area (Å²) in [6.45, 7) is 1.67. The predicted octanol–water partition coefficient (Wildman–Crippen LogP) is 3.87. The Bertz CT molecular complexity index is 986. The molecule has 2 heterocycles. The number of benzene rings is 2. The van der Waals surface area contributed by atoms with Gasteiger partial charge in [0.2, 0.25) is 11.8 Å². The molecule has 1 saturated heterocycles. The lowest BCUT2D eigenvalue weighted by molar-refractivity contribution is -0.143. The fourth-order valence-electron chi connectivity index (χ4n) is 4.38. The van der Waals surface area contributed by atoms with Crippen molar-refractivity contribution in [3.63, 3.8) is 0 Å². The Labute approximate surface area is 184 Å². The summed E-state index contributed by atoms with van der Waals surface area (Å²) < 4.78 is 44.4. The van der Waals surface area contributed by atoms with Crippen LogP contribution in [-0.2, 0) is 33.5 Å².